The van der Waals surface area contributed by atoms with Crippen LogP contribution >= 0.6 is 0 Å². The maximum absolute atomic E-state index is 12.3. The highest BCUT2D eigenvalue weighted by molar-refractivity contribution is 5.94. The van der Waals surface area contributed by atoms with Gasteiger partial charge in [-0.3, -0.25) is 30.6 Å². The van der Waals surface area contributed by atoms with Crippen molar-refractivity contribution in [1.29, 1.82) is 0 Å². The van der Waals surface area contributed by atoms with E-state index in [4.69, 9.17) is 4.74 Å². The second kappa shape index (κ2) is 9.18. The van der Waals surface area contributed by atoms with Gasteiger partial charge in [-0.25, -0.2) is 4.68 Å². The van der Waals surface area contributed by atoms with E-state index in [1.807, 2.05) is 36.4 Å². The van der Waals surface area contributed by atoms with E-state index in [0.717, 1.165) is 10.8 Å². The van der Waals surface area contributed by atoms with Crippen LogP contribution in [0.25, 0.3) is 16.5 Å². The van der Waals surface area contributed by atoms with Crippen LogP contribution in [0.15, 0.2) is 79.0 Å². The number of nitro benzene ring substituents is 1. The fourth-order valence-corrected chi connectivity index (χ4v) is 3.10. The fourth-order valence-electron chi connectivity index (χ4n) is 3.10. The Morgan fingerprint density at radius 1 is 1.00 bits per heavy atom. The Labute approximate surface area is 187 Å². The van der Waals surface area contributed by atoms with E-state index in [0.29, 0.717) is 11.4 Å². The second-order valence-corrected chi connectivity index (χ2v) is 7.13. The number of amides is 2. The third kappa shape index (κ3) is 4.96. The summed E-state index contributed by atoms with van der Waals surface area (Å²) >= 11 is 0. The van der Waals surface area contributed by atoms with Gasteiger partial charge in [0.25, 0.3) is 17.5 Å². The van der Waals surface area contributed by atoms with Gasteiger partial charge in [-0.05, 0) is 48.0 Å². The predicted molar refractivity (Wildman–Crippen MR) is 120 cm³/mol. The minimum Gasteiger partial charge on any atom is -0.481 e. The van der Waals surface area contributed by atoms with Crippen molar-refractivity contribution in [3.63, 3.8) is 0 Å². The smallest absolute Gasteiger partial charge is 0.290 e. The van der Waals surface area contributed by atoms with Crippen molar-refractivity contribution >= 4 is 28.3 Å². The lowest BCUT2D eigenvalue weighted by Crippen LogP contribution is -2.47. The lowest BCUT2D eigenvalue weighted by Gasteiger charge is -2.15. The van der Waals surface area contributed by atoms with E-state index in [9.17, 15) is 19.7 Å². The average molecular weight is 445 g/mol. The van der Waals surface area contributed by atoms with Crippen LogP contribution in [0.1, 0.15) is 17.4 Å². The van der Waals surface area contributed by atoms with Gasteiger partial charge in [-0.15, -0.1) is 0 Å². The summed E-state index contributed by atoms with van der Waals surface area (Å²) in [6.45, 7) is 1.57. The summed E-state index contributed by atoms with van der Waals surface area (Å²) in [5.74, 6) is -0.627. The minimum atomic E-state index is -0.857. The molecule has 166 valence electrons. The van der Waals surface area contributed by atoms with Gasteiger partial charge < -0.3 is 4.74 Å². The van der Waals surface area contributed by atoms with Gasteiger partial charge in [0.15, 0.2) is 11.8 Å². The quantitative estimate of drug-likeness (QED) is 0.347. The maximum atomic E-state index is 12.3. The molecule has 4 rings (SSSR count). The van der Waals surface area contributed by atoms with Gasteiger partial charge in [0.2, 0.25) is 0 Å². The number of nitrogens with zero attached hydrogens (tertiary/aromatic N) is 3. The summed E-state index contributed by atoms with van der Waals surface area (Å²) < 4.78 is 7.07. The lowest BCUT2D eigenvalue weighted by atomic mass is 10.1. The largest absolute Gasteiger partial charge is 0.481 e. The van der Waals surface area contributed by atoms with Crippen LogP contribution in [0.4, 0.5) is 5.69 Å². The van der Waals surface area contributed by atoms with Crippen molar-refractivity contribution in [1.82, 2.24) is 20.6 Å². The third-order valence-electron chi connectivity index (χ3n) is 4.85. The van der Waals surface area contributed by atoms with Crippen LogP contribution in [0, 0.1) is 10.1 Å². The molecular weight excluding hydrogens is 426 g/mol. The Hall–Kier alpha value is -4.73. The number of rotatable bonds is 6. The van der Waals surface area contributed by atoms with Crippen molar-refractivity contribution in [3.05, 3.63) is 94.8 Å². The van der Waals surface area contributed by atoms with Crippen molar-refractivity contribution in [2.24, 2.45) is 0 Å². The molecule has 0 aliphatic carbocycles. The molecule has 2 N–H and O–H groups in total. The number of nitro groups is 1. The van der Waals surface area contributed by atoms with Crippen LogP contribution < -0.4 is 15.6 Å². The third-order valence-corrected chi connectivity index (χ3v) is 4.85. The summed E-state index contributed by atoms with van der Waals surface area (Å²) in [4.78, 5) is 34.9. The topological polar surface area (TPSA) is 128 Å². The molecule has 2 amide bonds. The monoisotopic (exact) mass is 445 g/mol. The van der Waals surface area contributed by atoms with E-state index in [2.05, 4.69) is 16.0 Å². The van der Waals surface area contributed by atoms with Crippen LogP contribution in [0.2, 0.25) is 0 Å². The standard InChI is InChI=1S/C23H19N5O5/c1-15(33-20-11-6-16-4-2-3-5-17(16)14-20)22(29)24-25-23(30)21-12-13-27(26-21)18-7-9-19(10-8-18)28(31)32/h2-15H,1H3,(H,24,29)(H,25,30). The van der Waals surface area contributed by atoms with Crippen molar-refractivity contribution in [2.45, 2.75) is 13.0 Å². The molecule has 4 aromatic rings. The Balaban J connectivity index is 1.33. The Bertz CT molecular complexity index is 1330. The number of hydrazine groups is 1. The Kier molecular flexibility index (Phi) is 5.98. The fraction of sp³-hybridized carbons (Fsp3) is 0.0870. The number of carbonyl (C=O) groups excluding carboxylic acids is 2. The summed E-state index contributed by atoms with van der Waals surface area (Å²) in [7, 11) is 0. The van der Waals surface area contributed by atoms with Crippen molar-refractivity contribution in [3.8, 4) is 11.4 Å². The summed E-state index contributed by atoms with van der Waals surface area (Å²) in [6, 6.07) is 20.5. The lowest BCUT2D eigenvalue weighted by molar-refractivity contribution is -0.384. The van der Waals surface area contributed by atoms with E-state index in [1.54, 1.807) is 13.0 Å². The van der Waals surface area contributed by atoms with Gasteiger partial charge in [0.1, 0.15) is 5.75 Å². The molecule has 1 atom stereocenters. The maximum Gasteiger partial charge on any atom is 0.290 e. The highest BCUT2D eigenvalue weighted by atomic mass is 16.6. The number of hydrogen-bond donors (Lipinski definition) is 2. The first-order chi connectivity index (χ1) is 15.9. The van der Waals surface area contributed by atoms with E-state index >= 15 is 0 Å². The SMILES string of the molecule is CC(Oc1ccc2ccccc2c1)C(=O)NNC(=O)c1ccn(-c2ccc([N+](=O)[O-])cc2)n1. The zero-order valence-corrected chi connectivity index (χ0v) is 17.5. The number of ether oxygens (including phenoxy) is 1. The molecule has 3 aromatic carbocycles. The number of hydrogen-bond acceptors (Lipinski definition) is 6. The highest BCUT2D eigenvalue weighted by Gasteiger charge is 2.17. The number of non-ortho nitro benzene ring substituents is 1. The summed E-state index contributed by atoms with van der Waals surface area (Å²) in [6.07, 6.45) is 0.674. The number of benzene rings is 3. The highest BCUT2D eigenvalue weighted by Crippen LogP contribution is 2.21. The summed E-state index contributed by atoms with van der Waals surface area (Å²) in [5.41, 5.74) is 5.17. The first-order valence-electron chi connectivity index (χ1n) is 9.97. The molecule has 1 unspecified atom stereocenters. The normalized spacial score (nSPS) is 11.5. The number of fused-ring (bicyclic) bond motifs is 1. The molecule has 10 nitrogen and oxygen atoms in total. The van der Waals surface area contributed by atoms with Gasteiger partial charge in [-0.1, -0.05) is 30.3 Å². The molecule has 10 heteroatoms. The zero-order chi connectivity index (χ0) is 23.4. The molecule has 0 saturated heterocycles. The first kappa shape index (κ1) is 21.5. The molecule has 0 radical (unpaired) electrons. The Morgan fingerprint density at radius 2 is 1.73 bits per heavy atom. The van der Waals surface area contributed by atoms with Gasteiger partial charge >= 0.3 is 0 Å². The van der Waals surface area contributed by atoms with Crippen molar-refractivity contribution in [2.75, 3.05) is 0 Å². The van der Waals surface area contributed by atoms with Gasteiger partial charge in [0, 0.05) is 18.3 Å². The van der Waals surface area contributed by atoms with Crippen LogP contribution in [0.5, 0.6) is 5.75 Å². The van der Waals surface area contributed by atoms with E-state index < -0.39 is 22.8 Å². The molecule has 1 heterocycles. The van der Waals surface area contributed by atoms with Crippen LogP contribution in [0.3, 0.4) is 0 Å². The molecule has 0 aliphatic rings. The zero-order valence-electron chi connectivity index (χ0n) is 17.5. The number of aromatic nitrogens is 2. The number of carbonyl (C=O) groups is 2. The van der Waals surface area contributed by atoms with E-state index in [-0.39, 0.29) is 11.4 Å². The predicted octanol–water partition coefficient (Wildman–Crippen LogP) is 3.16. The number of nitrogens with one attached hydrogen (secondary N) is 2. The molecule has 0 fully saturated rings. The Morgan fingerprint density at radius 3 is 2.45 bits per heavy atom. The van der Waals surface area contributed by atoms with E-state index in [1.165, 1.54) is 41.2 Å². The molecule has 1 aromatic heterocycles. The first-order valence-corrected chi connectivity index (χ1v) is 9.97. The minimum absolute atomic E-state index is 0.0494. The summed E-state index contributed by atoms with van der Waals surface area (Å²) in [5, 5.41) is 16.9. The molecule has 0 saturated carbocycles. The molecule has 0 bridgehead atoms. The molecular formula is C23H19N5O5. The second-order valence-electron chi connectivity index (χ2n) is 7.13. The van der Waals surface area contributed by atoms with Gasteiger partial charge in [-0.2, -0.15) is 5.10 Å². The average Bonchev–Trinajstić information content (AvgIpc) is 3.32. The van der Waals surface area contributed by atoms with Gasteiger partial charge in [0.05, 0.1) is 10.6 Å². The molecule has 0 aliphatic heterocycles. The molecule has 33 heavy (non-hydrogen) atoms. The van der Waals surface area contributed by atoms with Crippen LogP contribution in [-0.4, -0.2) is 32.6 Å². The molecule has 0 spiro atoms. The van der Waals surface area contributed by atoms with Crippen LogP contribution in [-0.2, 0) is 4.79 Å². The van der Waals surface area contributed by atoms with Crippen molar-refractivity contribution < 1.29 is 19.2 Å².